The molecule has 216 valence electrons. The lowest BCUT2D eigenvalue weighted by atomic mass is 10.1. The molecule has 0 radical (unpaired) electrons. The number of rotatable bonds is 8. The minimum Gasteiger partial charge on any atom is -0.494 e. The molecule has 3 aliphatic rings. The molecule has 9 nitrogen and oxygen atoms in total. The Labute approximate surface area is 235 Å². The lowest BCUT2D eigenvalue weighted by Crippen LogP contribution is -2.47. The number of ether oxygens (including phenoxy) is 2. The molecule has 0 bridgehead atoms. The molecular formula is C29H31F3N6O3. The molecule has 3 heterocycles. The van der Waals surface area contributed by atoms with E-state index in [9.17, 15) is 18.0 Å². The van der Waals surface area contributed by atoms with E-state index in [1.165, 1.54) is 37.5 Å². The Morgan fingerprint density at radius 2 is 1.85 bits per heavy atom. The Bertz CT molecular complexity index is 1450. The highest BCUT2D eigenvalue weighted by atomic mass is 19.4. The van der Waals surface area contributed by atoms with Gasteiger partial charge in [-0.2, -0.15) is 18.2 Å². The predicted molar refractivity (Wildman–Crippen MR) is 147 cm³/mol. The number of hydrogen-bond donors (Lipinski definition) is 1. The smallest absolute Gasteiger partial charge is 0.423 e. The highest BCUT2D eigenvalue weighted by Gasteiger charge is 2.37. The number of halogens is 3. The van der Waals surface area contributed by atoms with Crippen molar-refractivity contribution in [2.75, 3.05) is 57.1 Å². The number of carbonyl (C=O) groups excluding carboxylic acids is 1. The Morgan fingerprint density at radius 3 is 2.56 bits per heavy atom. The topological polar surface area (TPSA) is 83.1 Å². The zero-order valence-electron chi connectivity index (χ0n) is 22.9. The van der Waals surface area contributed by atoms with E-state index >= 15 is 0 Å². The van der Waals surface area contributed by atoms with Crippen LogP contribution in [0.1, 0.15) is 34.3 Å². The summed E-state index contributed by atoms with van der Waals surface area (Å²) in [5, 5.41) is 2.97. The van der Waals surface area contributed by atoms with Gasteiger partial charge in [-0.05, 0) is 42.5 Å². The first-order chi connectivity index (χ1) is 19.7. The van der Waals surface area contributed by atoms with Crippen LogP contribution in [0.3, 0.4) is 0 Å². The van der Waals surface area contributed by atoms with Crippen LogP contribution in [-0.2, 0) is 12.7 Å². The summed E-state index contributed by atoms with van der Waals surface area (Å²) in [6.45, 7) is 5.36. The van der Waals surface area contributed by atoms with Crippen LogP contribution in [0.4, 0.5) is 30.5 Å². The molecule has 1 amide bonds. The fourth-order valence-corrected chi connectivity index (χ4v) is 5.31. The normalized spacial score (nSPS) is 17.5. The van der Waals surface area contributed by atoms with Gasteiger partial charge in [0.2, 0.25) is 11.8 Å². The molecule has 1 aromatic heterocycles. The molecule has 2 aliphatic heterocycles. The summed E-state index contributed by atoms with van der Waals surface area (Å²) in [7, 11) is 3.15. The molecule has 1 N–H and O–H groups in total. The molecule has 2 fully saturated rings. The third-order valence-corrected chi connectivity index (χ3v) is 7.73. The van der Waals surface area contributed by atoms with E-state index in [-0.39, 0.29) is 23.2 Å². The van der Waals surface area contributed by atoms with Crippen molar-refractivity contribution in [2.24, 2.45) is 5.92 Å². The quantitative estimate of drug-likeness (QED) is 0.399. The summed E-state index contributed by atoms with van der Waals surface area (Å²) in [5.41, 5.74) is 1.24. The van der Waals surface area contributed by atoms with E-state index < -0.39 is 17.6 Å². The molecule has 3 aromatic rings. The Hall–Kier alpha value is -4.06. The second kappa shape index (κ2) is 10.7. The molecule has 1 aliphatic carbocycles. The van der Waals surface area contributed by atoms with Crippen molar-refractivity contribution in [1.82, 2.24) is 19.8 Å². The Morgan fingerprint density at radius 1 is 1.07 bits per heavy atom. The average Bonchev–Trinajstić information content (AvgIpc) is 3.71. The zero-order valence-corrected chi connectivity index (χ0v) is 22.9. The van der Waals surface area contributed by atoms with E-state index in [1.54, 1.807) is 25.2 Å². The van der Waals surface area contributed by atoms with Crippen molar-refractivity contribution >= 4 is 23.2 Å². The van der Waals surface area contributed by atoms with Gasteiger partial charge in [-0.25, -0.2) is 4.98 Å². The standard InChI is InChI=1S/C29H31F3N6O3/c1-36-17-19-4-3-5-23(25(19)27(36)39)41-26-21(29(30,31)32)15-33-28(35-26)34-22-9-8-20(14-24(22)40-2)38-12-10-37(11-13-38)16-18-6-7-18/h3-5,8-9,14-15,18H,6-7,10-13,16-17H2,1-2H3,(H,33,34,35). The number of alkyl halides is 3. The fraction of sp³-hybridized carbons (Fsp3) is 0.414. The van der Waals surface area contributed by atoms with Gasteiger partial charge >= 0.3 is 6.18 Å². The van der Waals surface area contributed by atoms with E-state index in [4.69, 9.17) is 9.47 Å². The van der Waals surface area contributed by atoms with E-state index in [0.717, 1.165) is 37.8 Å². The number of nitrogens with zero attached hydrogens (tertiary/aromatic N) is 5. The van der Waals surface area contributed by atoms with E-state index in [2.05, 4.69) is 25.1 Å². The summed E-state index contributed by atoms with van der Waals surface area (Å²) in [6.07, 6.45) is -1.42. The number of anilines is 3. The molecule has 1 saturated heterocycles. The maximum absolute atomic E-state index is 13.9. The highest BCUT2D eigenvalue weighted by molar-refractivity contribution is 6.00. The summed E-state index contributed by atoms with van der Waals surface area (Å²) < 4.78 is 52.9. The molecule has 41 heavy (non-hydrogen) atoms. The number of carbonyl (C=O) groups is 1. The molecule has 2 aromatic carbocycles. The highest BCUT2D eigenvalue weighted by Crippen LogP contribution is 2.40. The third kappa shape index (κ3) is 5.74. The summed E-state index contributed by atoms with van der Waals surface area (Å²) in [6, 6.07) is 10.5. The lowest BCUT2D eigenvalue weighted by molar-refractivity contribution is -0.139. The number of amides is 1. The molecule has 0 spiro atoms. The first-order valence-corrected chi connectivity index (χ1v) is 13.6. The van der Waals surface area contributed by atoms with E-state index in [1.807, 2.05) is 12.1 Å². The first kappa shape index (κ1) is 27.1. The lowest BCUT2D eigenvalue weighted by Gasteiger charge is -2.36. The largest absolute Gasteiger partial charge is 0.494 e. The van der Waals surface area contributed by atoms with Crippen LogP contribution in [0.2, 0.25) is 0 Å². The third-order valence-electron chi connectivity index (χ3n) is 7.73. The van der Waals surface area contributed by atoms with Gasteiger partial charge in [-0.15, -0.1) is 0 Å². The first-order valence-electron chi connectivity index (χ1n) is 13.6. The summed E-state index contributed by atoms with van der Waals surface area (Å²) in [5.74, 6) is 0.234. The monoisotopic (exact) mass is 568 g/mol. The Balaban J connectivity index is 1.23. The maximum Gasteiger partial charge on any atom is 0.423 e. The number of methoxy groups -OCH3 is 1. The summed E-state index contributed by atoms with van der Waals surface area (Å²) in [4.78, 5) is 26.9. The molecule has 1 saturated carbocycles. The van der Waals surface area contributed by atoms with Crippen LogP contribution in [0, 0.1) is 5.92 Å². The van der Waals surface area contributed by atoms with Crippen molar-refractivity contribution < 1.29 is 27.4 Å². The second-order valence-electron chi connectivity index (χ2n) is 10.7. The number of hydrogen-bond acceptors (Lipinski definition) is 8. The van der Waals surface area contributed by atoms with Gasteiger partial charge in [0.05, 0.1) is 18.4 Å². The number of fused-ring (bicyclic) bond motifs is 1. The molecule has 12 heteroatoms. The van der Waals surface area contributed by atoms with Crippen molar-refractivity contribution in [3.8, 4) is 17.4 Å². The van der Waals surface area contributed by atoms with Crippen molar-refractivity contribution in [3.05, 3.63) is 59.3 Å². The van der Waals surface area contributed by atoms with Crippen molar-refractivity contribution in [3.63, 3.8) is 0 Å². The number of piperazine rings is 1. The van der Waals surface area contributed by atoms with Gasteiger partial charge in [0.25, 0.3) is 5.91 Å². The van der Waals surface area contributed by atoms with Gasteiger partial charge < -0.3 is 24.6 Å². The van der Waals surface area contributed by atoms with Gasteiger partial charge in [0.15, 0.2) is 0 Å². The van der Waals surface area contributed by atoms with E-state index in [0.29, 0.717) is 29.7 Å². The second-order valence-corrected chi connectivity index (χ2v) is 10.7. The maximum atomic E-state index is 13.9. The van der Waals surface area contributed by atoms with Gasteiger partial charge in [0.1, 0.15) is 17.1 Å². The Kier molecular flexibility index (Phi) is 7.10. The SMILES string of the molecule is COc1cc(N2CCN(CC3CC3)CC2)ccc1Nc1ncc(C(F)(F)F)c(Oc2cccc3c2C(=O)N(C)C3)n1. The van der Waals surface area contributed by atoms with Crippen LogP contribution < -0.4 is 19.7 Å². The fourth-order valence-electron chi connectivity index (χ4n) is 5.31. The van der Waals surface area contributed by atoms with Crippen LogP contribution in [0.5, 0.6) is 17.4 Å². The van der Waals surface area contributed by atoms with Gasteiger partial charge in [0, 0.05) is 64.3 Å². The van der Waals surface area contributed by atoms with Crippen LogP contribution in [0.15, 0.2) is 42.6 Å². The minimum absolute atomic E-state index is 0.00571. The number of nitrogens with one attached hydrogen (secondary N) is 1. The molecule has 6 rings (SSSR count). The average molecular weight is 569 g/mol. The van der Waals surface area contributed by atoms with Gasteiger partial charge in [-0.1, -0.05) is 12.1 Å². The number of benzene rings is 2. The molecule has 0 unspecified atom stereocenters. The van der Waals surface area contributed by atoms with Crippen LogP contribution >= 0.6 is 0 Å². The van der Waals surface area contributed by atoms with Gasteiger partial charge in [-0.3, -0.25) is 9.69 Å². The molecule has 0 atom stereocenters. The van der Waals surface area contributed by atoms with Crippen molar-refractivity contribution in [1.29, 1.82) is 0 Å². The predicted octanol–water partition coefficient (Wildman–Crippen LogP) is 5.16. The minimum atomic E-state index is -4.77. The zero-order chi connectivity index (χ0) is 28.7. The van der Waals surface area contributed by atoms with Crippen molar-refractivity contribution in [2.45, 2.75) is 25.6 Å². The van der Waals surface area contributed by atoms with Crippen LogP contribution in [0.25, 0.3) is 0 Å². The molecular weight excluding hydrogens is 537 g/mol. The number of aromatic nitrogens is 2. The summed E-state index contributed by atoms with van der Waals surface area (Å²) >= 11 is 0. The van der Waals surface area contributed by atoms with Crippen LogP contribution in [-0.4, -0.2) is 72.6 Å².